The van der Waals surface area contributed by atoms with Crippen molar-refractivity contribution < 1.29 is 0 Å². The Kier molecular flexibility index (Phi) is 9.76. The van der Waals surface area contributed by atoms with Crippen molar-refractivity contribution in [2.75, 3.05) is 9.80 Å². The lowest BCUT2D eigenvalue weighted by Crippen LogP contribution is -2.49. The van der Waals surface area contributed by atoms with Gasteiger partial charge in [0.05, 0.1) is 17.6 Å². The molecule has 0 spiro atoms. The number of allylic oxidation sites excluding steroid dienone is 4. The first-order valence-corrected chi connectivity index (χ1v) is 22.6. The summed E-state index contributed by atoms with van der Waals surface area (Å²) in [6.07, 6.45) is 24.1. The highest BCUT2D eigenvalue weighted by Crippen LogP contribution is 2.52. The topological polar surface area (TPSA) is 32.3 Å². The van der Waals surface area contributed by atoms with Crippen LogP contribution in [0.1, 0.15) is 38.8 Å². The maximum atomic E-state index is 4.69. The Bertz CT molecular complexity index is 3170. The zero-order valence-electron chi connectivity index (χ0n) is 36.9. The first kappa shape index (κ1) is 39.5. The van der Waals surface area contributed by atoms with E-state index in [-0.39, 0.29) is 22.9 Å². The van der Waals surface area contributed by atoms with E-state index < -0.39 is 0 Å². The monoisotopic (exact) mass is 828 g/mol. The van der Waals surface area contributed by atoms with Crippen LogP contribution in [0.3, 0.4) is 0 Å². The molecule has 0 radical (unpaired) electrons. The molecule has 6 aromatic carbocycles. The molecule has 0 saturated carbocycles. The van der Waals surface area contributed by atoms with Crippen molar-refractivity contribution >= 4 is 44.4 Å². The lowest BCUT2D eigenvalue weighted by molar-refractivity contribution is 0.332. The van der Waals surface area contributed by atoms with Gasteiger partial charge in [-0.15, -0.1) is 0 Å². The molecule has 0 fully saturated rings. The van der Waals surface area contributed by atoms with Crippen LogP contribution in [0.25, 0.3) is 43.9 Å². The van der Waals surface area contributed by atoms with Crippen molar-refractivity contribution in [2.24, 2.45) is 11.8 Å². The predicted molar refractivity (Wildman–Crippen MR) is 269 cm³/mol. The van der Waals surface area contributed by atoms with Crippen LogP contribution >= 0.6 is 0 Å². The van der Waals surface area contributed by atoms with Gasteiger partial charge in [0.15, 0.2) is 0 Å². The van der Waals surface area contributed by atoms with Gasteiger partial charge in [-0.1, -0.05) is 173 Å². The van der Waals surface area contributed by atoms with Crippen molar-refractivity contribution in [3.8, 4) is 22.3 Å². The number of pyridine rings is 2. The Balaban J connectivity index is 0.000000143. The van der Waals surface area contributed by atoms with Gasteiger partial charge < -0.3 is 9.80 Å². The maximum Gasteiger partial charge on any atom is 0.0702 e. The summed E-state index contributed by atoms with van der Waals surface area (Å²) in [5.41, 5.74) is 13.8. The molecule has 8 aromatic rings. The molecule has 4 heterocycles. The van der Waals surface area contributed by atoms with E-state index in [1.54, 1.807) is 0 Å². The standard InChI is InChI=1S/2C30H26N2/c1-30(2)25-13-4-7-16-28(25)32(29-17-8-5-14-26(29)30)24-12-9-11-21(19-24)23-18-22-10-3-6-15-27(22)31-20-23;1-30(2)26-13-3-5-15-28(26)32(29-16-6-4-14-27(29)30)23-11-7-9-21(19-23)24-12-8-10-22-20-31-18-17-25(22)24/h3-20,25,28H,1-2H3;3-20,26,28H,1-2H3. The van der Waals surface area contributed by atoms with Crippen LogP contribution in [0.4, 0.5) is 22.7 Å². The molecule has 312 valence electrons. The fourth-order valence-electron chi connectivity index (χ4n) is 11.0. The minimum Gasteiger partial charge on any atom is -0.334 e. The predicted octanol–water partition coefficient (Wildman–Crippen LogP) is 14.9. The molecule has 2 aliphatic heterocycles. The van der Waals surface area contributed by atoms with Gasteiger partial charge in [-0.3, -0.25) is 9.97 Å². The quantitative estimate of drug-likeness (QED) is 0.177. The van der Waals surface area contributed by atoms with Gasteiger partial charge in [0.1, 0.15) is 0 Å². The summed E-state index contributed by atoms with van der Waals surface area (Å²) in [5.74, 6) is 0.822. The van der Waals surface area contributed by atoms with Crippen LogP contribution in [0.5, 0.6) is 0 Å². The van der Waals surface area contributed by atoms with E-state index in [9.17, 15) is 0 Å². The van der Waals surface area contributed by atoms with Gasteiger partial charge >= 0.3 is 0 Å². The van der Waals surface area contributed by atoms with Crippen LogP contribution in [0, 0.1) is 11.8 Å². The first-order valence-electron chi connectivity index (χ1n) is 22.6. The van der Waals surface area contributed by atoms with E-state index in [0.29, 0.717) is 11.8 Å². The number of para-hydroxylation sites is 3. The van der Waals surface area contributed by atoms with Crippen molar-refractivity contribution in [3.63, 3.8) is 0 Å². The van der Waals surface area contributed by atoms with Crippen LogP contribution in [0.2, 0.25) is 0 Å². The van der Waals surface area contributed by atoms with Gasteiger partial charge in [0.25, 0.3) is 0 Å². The van der Waals surface area contributed by atoms with Crippen LogP contribution in [0.15, 0.2) is 219 Å². The van der Waals surface area contributed by atoms with Crippen LogP contribution < -0.4 is 9.80 Å². The minimum absolute atomic E-state index is 0.0683. The van der Waals surface area contributed by atoms with Crippen LogP contribution in [-0.4, -0.2) is 22.1 Å². The van der Waals surface area contributed by atoms with E-state index in [1.165, 1.54) is 66.7 Å². The number of anilines is 4. The molecule has 0 bridgehead atoms. The van der Waals surface area contributed by atoms with E-state index in [4.69, 9.17) is 0 Å². The summed E-state index contributed by atoms with van der Waals surface area (Å²) in [4.78, 5) is 14.0. The molecule has 4 nitrogen and oxygen atoms in total. The third kappa shape index (κ3) is 6.68. The molecule has 0 amide bonds. The molecule has 4 atom stereocenters. The van der Waals surface area contributed by atoms with Crippen LogP contribution in [-0.2, 0) is 10.8 Å². The second-order valence-corrected chi connectivity index (χ2v) is 18.7. The molecule has 4 unspecified atom stereocenters. The van der Waals surface area contributed by atoms with Gasteiger partial charge in [-0.2, -0.15) is 0 Å². The van der Waals surface area contributed by atoms with Crippen molar-refractivity contribution in [3.05, 3.63) is 230 Å². The second kappa shape index (κ2) is 15.8. The summed E-state index contributed by atoms with van der Waals surface area (Å²) in [7, 11) is 0. The third-order valence-corrected chi connectivity index (χ3v) is 14.4. The van der Waals surface area contributed by atoms with Gasteiger partial charge in [-0.05, 0) is 87.8 Å². The number of hydrogen-bond acceptors (Lipinski definition) is 4. The highest BCUT2D eigenvalue weighted by Gasteiger charge is 2.46. The number of aromatic nitrogens is 2. The average molecular weight is 829 g/mol. The Morgan fingerprint density at radius 3 is 1.67 bits per heavy atom. The van der Waals surface area contributed by atoms with Gasteiger partial charge in [0, 0.05) is 80.3 Å². The SMILES string of the molecule is CC1(C)c2ccccc2N(c2cccc(-c3cccc4cnccc34)c2)C2C=CC=CC21.CC1(C)c2ccccc2N(c2cccc(-c3cnc4ccccc4c3)c2)C2C=CC=CC21. The fraction of sp³-hybridized carbons (Fsp3) is 0.167. The molecule has 0 N–H and O–H groups in total. The zero-order chi connectivity index (χ0) is 43.4. The second-order valence-electron chi connectivity index (χ2n) is 18.7. The Hall–Kier alpha value is -7.30. The largest absolute Gasteiger partial charge is 0.334 e. The molecular formula is C60H52N4. The molecule has 4 heteroatoms. The van der Waals surface area contributed by atoms with E-state index in [0.717, 1.165) is 11.1 Å². The third-order valence-electron chi connectivity index (χ3n) is 14.4. The van der Waals surface area contributed by atoms with Gasteiger partial charge in [0.2, 0.25) is 0 Å². The highest BCUT2D eigenvalue weighted by atomic mass is 15.2. The lowest BCUT2D eigenvalue weighted by Gasteiger charge is -2.50. The molecular weight excluding hydrogens is 777 g/mol. The molecule has 12 rings (SSSR count). The Morgan fingerprint density at radius 1 is 0.453 bits per heavy atom. The number of hydrogen-bond donors (Lipinski definition) is 0. The minimum atomic E-state index is 0.0683. The summed E-state index contributed by atoms with van der Waals surface area (Å²) < 4.78 is 0. The van der Waals surface area contributed by atoms with Crippen molar-refractivity contribution in [1.29, 1.82) is 0 Å². The highest BCUT2D eigenvalue weighted by molar-refractivity contribution is 5.97. The number of fused-ring (bicyclic) bond motifs is 6. The van der Waals surface area contributed by atoms with E-state index in [2.05, 4.69) is 242 Å². The number of benzene rings is 6. The fourth-order valence-corrected chi connectivity index (χ4v) is 11.0. The van der Waals surface area contributed by atoms with E-state index in [1.807, 2.05) is 24.7 Å². The van der Waals surface area contributed by atoms with Gasteiger partial charge in [-0.25, -0.2) is 0 Å². The van der Waals surface area contributed by atoms with E-state index >= 15 is 0 Å². The van der Waals surface area contributed by atoms with Crippen molar-refractivity contribution in [1.82, 2.24) is 9.97 Å². The smallest absolute Gasteiger partial charge is 0.0702 e. The summed E-state index contributed by atoms with van der Waals surface area (Å²) in [5, 5.41) is 3.57. The molecule has 2 aliphatic carbocycles. The lowest BCUT2D eigenvalue weighted by atomic mass is 9.65. The summed E-state index contributed by atoms with van der Waals surface area (Å²) in [6, 6.07) is 55.3. The summed E-state index contributed by atoms with van der Waals surface area (Å²) in [6.45, 7) is 9.51. The molecule has 2 aromatic heterocycles. The average Bonchev–Trinajstić information content (AvgIpc) is 3.34. The Labute approximate surface area is 377 Å². The first-order chi connectivity index (χ1) is 31.3. The number of nitrogens with zero attached hydrogens (tertiary/aromatic N) is 4. The van der Waals surface area contributed by atoms with Crippen molar-refractivity contribution in [2.45, 2.75) is 50.6 Å². The molecule has 0 saturated heterocycles. The zero-order valence-corrected chi connectivity index (χ0v) is 36.9. The molecule has 64 heavy (non-hydrogen) atoms. The maximum absolute atomic E-state index is 4.69. The summed E-state index contributed by atoms with van der Waals surface area (Å²) >= 11 is 0. The molecule has 4 aliphatic rings. The normalized spacial score (nSPS) is 20.8. The Morgan fingerprint density at radius 2 is 1.00 bits per heavy atom. The number of rotatable bonds is 4.